The highest BCUT2D eigenvalue weighted by molar-refractivity contribution is 7.87. The van der Waals surface area contributed by atoms with E-state index in [9.17, 15) is 8.42 Å². The highest BCUT2D eigenvalue weighted by atomic mass is 32.2. The van der Waals surface area contributed by atoms with E-state index in [-0.39, 0.29) is 11.6 Å². The lowest BCUT2D eigenvalue weighted by molar-refractivity contribution is 0.116. The summed E-state index contributed by atoms with van der Waals surface area (Å²) in [6.07, 6.45) is 0. The second-order valence-corrected chi connectivity index (χ2v) is 5.68. The van der Waals surface area contributed by atoms with Crippen LogP contribution in [0.5, 0.6) is 0 Å². The van der Waals surface area contributed by atoms with E-state index in [2.05, 4.69) is 10.0 Å². The predicted molar refractivity (Wildman–Crippen MR) is 49.5 cm³/mol. The zero-order valence-corrected chi connectivity index (χ0v) is 8.69. The van der Waals surface area contributed by atoms with Gasteiger partial charge in [0.05, 0.1) is 5.54 Å². The maximum Gasteiger partial charge on any atom is 0.280 e. The molecule has 0 bridgehead atoms. The van der Waals surface area contributed by atoms with Gasteiger partial charge in [0.1, 0.15) is 0 Å². The molecule has 0 amide bonds. The van der Waals surface area contributed by atoms with Gasteiger partial charge in [0.15, 0.2) is 0 Å². The Morgan fingerprint density at radius 3 is 2.23 bits per heavy atom. The average Bonchev–Trinajstić information content (AvgIpc) is 2.19. The zero-order chi connectivity index (χ0) is 9.69. The maximum atomic E-state index is 11.6. The van der Waals surface area contributed by atoms with E-state index in [4.69, 9.17) is 0 Å². The Morgan fingerprint density at radius 1 is 1.31 bits per heavy atom. The maximum absolute atomic E-state index is 11.6. The summed E-state index contributed by atoms with van der Waals surface area (Å²) in [7, 11) is -3.21. The number of rotatable bonds is 1. The normalized spacial score (nSPS) is 31.0. The van der Waals surface area contributed by atoms with Crippen LogP contribution in [-0.2, 0) is 10.2 Å². The molecule has 0 unspecified atom stereocenters. The molecule has 0 atom stereocenters. The summed E-state index contributed by atoms with van der Waals surface area (Å²) in [5.74, 6) is 0. The average molecular weight is 205 g/mol. The number of nitrogens with zero attached hydrogens (tertiary/aromatic N) is 1. The number of hydrogen-bond acceptors (Lipinski definition) is 3. The summed E-state index contributed by atoms with van der Waals surface area (Å²) in [6, 6.07) is 0.0297. The van der Waals surface area contributed by atoms with Gasteiger partial charge in [-0.2, -0.15) is 12.7 Å². The van der Waals surface area contributed by atoms with Crippen molar-refractivity contribution in [1.29, 1.82) is 0 Å². The molecule has 0 aromatic heterocycles. The first-order chi connectivity index (χ1) is 5.98. The molecule has 1 spiro atoms. The largest absolute Gasteiger partial charge is 0.313 e. The Hall–Kier alpha value is -0.170. The lowest BCUT2D eigenvalue weighted by atomic mass is 9.92. The van der Waals surface area contributed by atoms with Crippen molar-refractivity contribution in [2.45, 2.75) is 25.4 Å². The van der Waals surface area contributed by atoms with Crippen molar-refractivity contribution in [2.75, 3.05) is 19.6 Å². The summed E-state index contributed by atoms with van der Waals surface area (Å²) >= 11 is 0. The highest BCUT2D eigenvalue weighted by Gasteiger charge is 2.54. The topological polar surface area (TPSA) is 61.4 Å². The molecular weight excluding hydrogens is 190 g/mol. The molecule has 0 radical (unpaired) electrons. The lowest BCUT2D eigenvalue weighted by Crippen LogP contribution is -2.69. The molecule has 0 saturated carbocycles. The van der Waals surface area contributed by atoms with Gasteiger partial charge >= 0.3 is 0 Å². The van der Waals surface area contributed by atoms with E-state index >= 15 is 0 Å². The van der Waals surface area contributed by atoms with Crippen molar-refractivity contribution in [3.05, 3.63) is 0 Å². The molecule has 2 rings (SSSR count). The molecular formula is C7H15N3O2S. The van der Waals surface area contributed by atoms with Crippen LogP contribution in [0.4, 0.5) is 0 Å². The SMILES string of the molecule is CC(C)N1C2(CNC2)CNS1(=O)=O. The van der Waals surface area contributed by atoms with Gasteiger partial charge < -0.3 is 5.32 Å². The third-order valence-corrected chi connectivity index (χ3v) is 4.52. The van der Waals surface area contributed by atoms with E-state index in [0.717, 1.165) is 13.1 Å². The summed E-state index contributed by atoms with van der Waals surface area (Å²) in [6.45, 7) is 5.88. The summed E-state index contributed by atoms with van der Waals surface area (Å²) < 4.78 is 27.4. The van der Waals surface area contributed by atoms with E-state index in [1.54, 1.807) is 4.31 Å². The van der Waals surface area contributed by atoms with Crippen molar-refractivity contribution in [1.82, 2.24) is 14.3 Å². The van der Waals surface area contributed by atoms with Crippen LogP contribution >= 0.6 is 0 Å². The van der Waals surface area contributed by atoms with Gasteiger partial charge in [-0.15, -0.1) is 0 Å². The first-order valence-electron chi connectivity index (χ1n) is 4.48. The fourth-order valence-corrected chi connectivity index (χ4v) is 4.00. The van der Waals surface area contributed by atoms with Crippen molar-refractivity contribution in [3.8, 4) is 0 Å². The molecule has 76 valence electrons. The van der Waals surface area contributed by atoms with Crippen LogP contribution in [0, 0.1) is 0 Å². The third-order valence-electron chi connectivity index (χ3n) is 2.69. The van der Waals surface area contributed by atoms with E-state index in [0.29, 0.717) is 6.54 Å². The van der Waals surface area contributed by atoms with Crippen LogP contribution in [0.3, 0.4) is 0 Å². The minimum atomic E-state index is -3.21. The van der Waals surface area contributed by atoms with Crippen LogP contribution in [0.1, 0.15) is 13.8 Å². The molecule has 2 aliphatic heterocycles. The standard InChI is InChI=1S/C7H15N3O2S/c1-6(2)10-7(3-8-4-7)5-9-13(10,11)12/h6,8-9H,3-5H2,1-2H3. The van der Waals surface area contributed by atoms with E-state index in [1.165, 1.54) is 0 Å². The van der Waals surface area contributed by atoms with E-state index < -0.39 is 10.2 Å². The van der Waals surface area contributed by atoms with Gasteiger partial charge in [0.25, 0.3) is 10.2 Å². The second kappa shape index (κ2) is 2.66. The van der Waals surface area contributed by atoms with Crippen LogP contribution in [-0.4, -0.2) is 43.9 Å². The first kappa shape index (κ1) is 9.39. The summed E-state index contributed by atoms with van der Waals surface area (Å²) in [4.78, 5) is 0. The van der Waals surface area contributed by atoms with Gasteiger partial charge in [0.2, 0.25) is 0 Å². The Bertz CT molecular complexity index is 308. The van der Waals surface area contributed by atoms with Crippen molar-refractivity contribution in [2.24, 2.45) is 0 Å². The fourth-order valence-electron chi connectivity index (χ4n) is 2.15. The molecule has 6 heteroatoms. The zero-order valence-electron chi connectivity index (χ0n) is 7.87. The number of hydrogen-bond donors (Lipinski definition) is 2. The minimum absolute atomic E-state index is 0.0297. The summed E-state index contributed by atoms with van der Waals surface area (Å²) in [5.41, 5.74) is -0.188. The molecule has 2 saturated heterocycles. The predicted octanol–water partition coefficient (Wildman–Crippen LogP) is -1.11. The van der Waals surface area contributed by atoms with Crippen molar-refractivity contribution in [3.63, 3.8) is 0 Å². The van der Waals surface area contributed by atoms with Gasteiger partial charge in [-0.25, -0.2) is 4.72 Å². The van der Waals surface area contributed by atoms with Crippen LogP contribution < -0.4 is 10.0 Å². The molecule has 0 aromatic rings. The van der Waals surface area contributed by atoms with Crippen LogP contribution in [0.25, 0.3) is 0 Å². The Kier molecular flexibility index (Phi) is 1.92. The minimum Gasteiger partial charge on any atom is -0.313 e. The molecule has 13 heavy (non-hydrogen) atoms. The quantitative estimate of drug-likeness (QED) is 0.570. The monoisotopic (exact) mass is 205 g/mol. The van der Waals surface area contributed by atoms with E-state index in [1.807, 2.05) is 13.8 Å². The molecule has 0 aliphatic carbocycles. The van der Waals surface area contributed by atoms with Gasteiger partial charge in [0, 0.05) is 25.7 Å². The van der Waals surface area contributed by atoms with Gasteiger partial charge in [-0.3, -0.25) is 0 Å². The molecule has 2 heterocycles. The molecule has 2 aliphatic rings. The Morgan fingerprint density at radius 2 is 1.92 bits per heavy atom. The Labute approximate surface area is 78.7 Å². The number of nitrogens with one attached hydrogen (secondary N) is 2. The highest BCUT2D eigenvalue weighted by Crippen LogP contribution is 2.30. The second-order valence-electron chi connectivity index (χ2n) is 4.04. The fraction of sp³-hybridized carbons (Fsp3) is 1.00. The van der Waals surface area contributed by atoms with Crippen molar-refractivity contribution >= 4 is 10.2 Å². The van der Waals surface area contributed by atoms with Crippen LogP contribution in [0.15, 0.2) is 0 Å². The molecule has 2 N–H and O–H groups in total. The smallest absolute Gasteiger partial charge is 0.280 e. The lowest BCUT2D eigenvalue weighted by Gasteiger charge is -2.45. The van der Waals surface area contributed by atoms with Crippen LogP contribution in [0.2, 0.25) is 0 Å². The summed E-state index contributed by atoms with van der Waals surface area (Å²) in [5, 5.41) is 3.12. The third kappa shape index (κ3) is 1.20. The molecule has 0 aromatic carbocycles. The van der Waals surface area contributed by atoms with Crippen molar-refractivity contribution < 1.29 is 8.42 Å². The first-order valence-corrected chi connectivity index (χ1v) is 5.92. The van der Waals surface area contributed by atoms with Gasteiger partial charge in [-0.1, -0.05) is 0 Å². The molecule has 2 fully saturated rings. The van der Waals surface area contributed by atoms with Gasteiger partial charge in [-0.05, 0) is 13.8 Å². The Balaban J connectivity index is 2.34. The molecule has 5 nitrogen and oxygen atoms in total.